The largest absolute Gasteiger partial charge is 0.365 e. The standard InChI is InChI=1S/C24H19N5O3S/c1-28-13-17(12-27-28)21-14-29(33(30,31)18-5-3-2-4-6-18)24-20(21)7-16(11-26-24)19-9-22-15(10-25)8-23(19)32-22/h2-7,9,11-15,22-23H,8H2,1H3/t15?,22-,23?/m1/s1. The first-order chi connectivity index (χ1) is 16.0. The summed E-state index contributed by atoms with van der Waals surface area (Å²) in [5, 5.41) is 14.2. The molecule has 0 N–H and O–H groups in total. The summed E-state index contributed by atoms with van der Waals surface area (Å²) in [7, 11) is -2.03. The number of aryl methyl sites for hydroxylation is 1. The van der Waals surface area contributed by atoms with Gasteiger partial charge in [-0.1, -0.05) is 18.2 Å². The molecule has 2 bridgehead atoms. The van der Waals surface area contributed by atoms with Crippen LogP contribution in [0.3, 0.4) is 0 Å². The van der Waals surface area contributed by atoms with Crippen LogP contribution < -0.4 is 0 Å². The van der Waals surface area contributed by atoms with Crippen molar-refractivity contribution in [2.75, 3.05) is 0 Å². The van der Waals surface area contributed by atoms with Gasteiger partial charge in [0, 0.05) is 42.2 Å². The number of rotatable bonds is 4. The van der Waals surface area contributed by atoms with E-state index in [2.05, 4.69) is 16.2 Å². The van der Waals surface area contributed by atoms with E-state index in [4.69, 9.17) is 4.74 Å². The predicted octanol–water partition coefficient (Wildman–Crippen LogP) is 3.37. The fourth-order valence-electron chi connectivity index (χ4n) is 4.67. The average Bonchev–Trinajstić information content (AvgIpc) is 3.61. The van der Waals surface area contributed by atoms with Crippen LogP contribution in [0.4, 0.5) is 0 Å². The molecule has 0 radical (unpaired) electrons. The van der Waals surface area contributed by atoms with Gasteiger partial charge in [0.05, 0.1) is 35.3 Å². The summed E-state index contributed by atoms with van der Waals surface area (Å²) in [5.74, 6) is -0.126. The Bertz CT molecular complexity index is 1580. The van der Waals surface area contributed by atoms with Crippen LogP contribution in [-0.2, 0) is 21.8 Å². The molecule has 0 spiro atoms. The first-order valence-corrected chi connectivity index (χ1v) is 12.0. The van der Waals surface area contributed by atoms with Crippen LogP contribution in [0.15, 0.2) is 72.2 Å². The third kappa shape index (κ3) is 3.03. The lowest BCUT2D eigenvalue weighted by molar-refractivity contribution is 0.117. The van der Waals surface area contributed by atoms with E-state index < -0.39 is 10.0 Å². The molecule has 5 heterocycles. The van der Waals surface area contributed by atoms with Crippen molar-refractivity contribution in [2.24, 2.45) is 13.0 Å². The van der Waals surface area contributed by atoms with Gasteiger partial charge in [-0.05, 0) is 41.8 Å². The highest BCUT2D eigenvalue weighted by molar-refractivity contribution is 7.90. The minimum absolute atomic E-state index is 0.126. The molecule has 9 heteroatoms. The van der Waals surface area contributed by atoms with Gasteiger partial charge in [-0.2, -0.15) is 10.4 Å². The number of pyridine rings is 1. The summed E-state index contributed by atoms with van der Waals surface area (Å²) >= 11 is 0. The number of ether oxygens (including phenoxy) is 1. The van der Waals surface area contributed by atoms with Crippen molar-refractivity contribution in [3.63, 3.8) is 0 Å². The minimum atomic E-state index is -3.85. The van der Waals surface area contributed by atoms with Crippen molar-refractivity contribution < 1.29 is 13.2 Å². The zero-order valence-corrected chi connectivity index (χ0v) is 18.5. The van der Waals surface area contributed by atoms with E-state index in [1.54, 1.807) is 53.6 Å². The Kier molecular flexibility index (Phi) is 4.30. The monoisotopic (exact) mass is 457 g/mol. The average molecular weight is 458 g/mol. The van der Waals surface area contributed by atoms with E-state index >= 15 is 0 Å². The maximum atomic E-state index is 13.5. The van der Waals surface area contributed by atoms with E-state index in [0.717, 1.165) is 22.3 Å². The normalized spacial score (nSPS) is 21.9. The molecule has 3 atom stereocenters. The summed E-state index contributed by atoms with van der Waals surface area (Å²) in [6.45, 7) is 0. The van der Waals surface area contributed by atoms with Crippen LogP contribution in [-0.4, -0.2) is 39.4 Å². The first-order valence-electron chi connectivity index (χ1n) is 10.5. The molecule has 164 valence electrons. The molecule has 8 nitrogen and oxygen atoms in total. The van der Waals surface area contributed by atoms with Crippen molar-refractivity contribution in [3.8, 4) is 17.2 Å². The fraction of sp³-hybridized carbons (Fsp3) is 0.208. The zero-order chi connectivity index (χ0) is 22.7. The van der Waals surface area contributed by atoms with Gasteiger partial charge >= 0.3 is 0 Å². The number of hydrogen-bond acceptors (Lipinski definition) is 6. The molecule has 0 aliphatic carbocycles. The Morgan fingerprint density at radius 3 is 2.64 bits per heavy atom. The van der Waals surface area contributed by atoms with Crippen molar-refractivity contribution in [1.82, 2.24) is 18.7 Å². The third-order valence-electron chi connectivity index (χ3n) is 6.30. The number of benzene rings is 1. The van der Waals surface area contributed by atoms with Crippen molar-refractivity contribution in [1.29, 1.82) is 5.26 Å². The van der Waals surface area contributed by atoms with Gasteiger partial charge in [0.25, 0.3) is 10.0 Å². The summed E-state index contributed by atoms with van der Waals surface area (Å²) in [6, 6.07) is 12.6. The maximum Gasteiger partial charge on any atom is 0.269 e. The summed E-state index contributed by atoms with van der Waals surface area (Å²) in [4.78, 5) is 4.78. The molecule has 6 rings (SSSR count). The van der Waals surface area contributed by atoms with Crippen LogP contribution >= 0.6 is 0 Å². The van der Waals surface area contributed by atoms with Crippen LogP contribution in [0, 0.1) is 17.2 Å². The molecule has 1 fully saturated rings. The second kappa shape index (κ2) is 7.13. The maximum absolute atomic E-state index is 13.5. The Morgan fingerprint density at radius 2 is 1.97 bits per heavy atom. The van der Waals surface area contributed by atoms with E-state index in [1.165, 1.54) is 3.97 Å². The van der Waals surface area contributed by atoms with Crippen LogP contribution in [0.5, 0.6) is 0 Å². The number of nitriles is 1. The Labute approximate surface area is 190 Å². The molecule has 1 saturated heterocycles. The molecule has 0 saturated carbocycles. The lowest BCUT2D eigenvalue weighted by atomic mass is 9.87. The molecule has 1 aromatic carbocycles. The summed E-state index contributed by atoms with van der Waals surface area (Å²) in [5.41, 5.74) is 3.74. The van der Waals surface area contributed by atoms with Crippen LogP contribution in [0.25, 0.3) is 27.7 Å². The first kappa shape index (κ1) is 19.9. The van der Waals surface area contributed by atoms with E-state index in [1.807, 2.05) is 25.4 Å². The second-order valence-corrected chi connectivity index (χ2v) is 10.2. The van der Waals surface area contributed by atoms with Crippen molar-refractivity contribution in [3.05, 3.63) is 72.8 Å². The summed E-state index contributed by atoms with van der Waals surface area (Å²) in [6.07, 6.45) is 9.15. The van der Waals surface area contributed by atoms with Gasteiger partial charge in [0.2, 0.25) is 0 Å². The molecule has 4 aromatic rings. The Balaban J connectivity index is 1.55. The number of hydrogen-bond donors (Lipinski definition) is 0. The quantitative estimate of drug-likeness (QED) is 0.466. The molecule has 3 aromatic heterocycles. The van der Waals surface area contributed by atoms with Gasteiger partial charge in [-0.25, -0.2) is 17.4 Å². The highest BCUT2D eigenvalue weighted by atomic mass is 32.2. The van der Waals surface area contributed by atoms with E-state index in [-0.39, 0.29) is 23.0 Å². The van der Waals surface area contributed by atoms with Gasteiger partial charge < -0.3 is 4.74 Å². The van der Waals surface area contributed by atoms with Gasteiger partial charge in [0.15, 0.2) is 5.65 Å². The number of aromatic nitrogens is 4. The van der Waals surface area contributed by atoms with Gasteiger partial charge in [0.1, 0.15) is 0 Å². The molecular formula is C24H19N5O3S. The number of nitrogens with zero attached hydrogens (tertiary/aromatic N) is 5. The van der Waals surface area contributed by atoms with Crippen molar-refractivity contribution >= 4 is 26.6 Å². The van der Waals surface area contributed by atoms with E-state index in [9.17, 15) is 13.7 Å². The molecule has 33 heavy (non-hydrogen) atoms. The van der Waals surface area contributed by atoms with Crippen molar-refractivity contribution in [2.45, 2.75) is 23.5 Å². The third-order valence-corrected chi connectivity index (χ3v) is 7.97. The highest BCUT2D eigenvalue weighted by Crippen LogP contribution is 2.43. The minimum Gasteiger partial charge on any atom is -0.365 e. The smallest absolute Gasteiger partial charge is 0.269 e. The molecule has 0 amide bonds. The topological polar surface area (TPSA) is 103 Å². The number of fused-ring (bicyclic) bond motifs is 3. The van der Waals surface area contributed by atoms with E-state index in [0.29, 0.717) is 17.5 Å². The molecule has 2 aliphatic rings. The lowest BCUT2D eigenvalue weighted by Gasteiger charge is -2.13. The second-order valence-electron chi connectivity index (χ2n) is 8.34. The van der Waals surface area contributed by atoms with Gasteiger partial charge in [-0.15, -0.1) is 0 Å². The Morgan fingerprint density at radius 1 is 1.15 bits per heavy atom. The lowest BCUT2D eigenvalue weighted by Crippen LogP contribution is -2.13. The van der Waals surface area contributed by atoms with Crippen LogP contribution in [0.2, 0.25) is 0 Å². The predicted molar refractivity (Wildman–Crippen MR) is 121 cm³/mol. The van der Waals surface area contributed by atoms with Crippen LogP contribution in [0.1, 0.15) is 12.0 Å². The Hall–Kier alpha value is -3.74. The van der Waals surface area contributed by atoms with Gasteiger partial charge in [-0.3, -0.25) is 4.68 Å². The zero-order valence-electron chi connectivity index (χ0n) is 17.7. The SMILES string of the molecule is Cn1cc(-c2cn(S(=O)(=O)c3ccccc3)c3ncc(C4=C[C@H]5OC4CC5C#N)cc23)cn1. The molecule has 2 aliphatic heterocycles. The molecule has 2 unspecified atom stereocenters. The molecular weight excluding hydrogens is 438 g/mol. The highest BCUT2D eigenvalue weighted by Gasteiger charge is 2.42. The fourth-order valence-corrected chi connectivity index (χ4v) is 6.02. The summed E-state index contributed by atoms with van der Waals surface area (Å²) < 4.78 is 35.8.